The van der Waals surface area contributed by atoms with Crippen molar-refractivity contribution in [3.63, 3.8) is 0 Å². The molecule has 0 unspecified atom stereocenters. The van der Waals surface area contributed by atoms with Crippen LogP contribution in [-0.4, -0.2) is 0 Å². The summed E-state index contributed by atoms with van der Waals surface area (Å²) in [7, 11) is 3.60. The maximum Gasteiger partial charge on any atom is 0.135 e. The number of nitrogens with one attached hydrogen (secondary N) is 1. The van der Waals surface area contributed by atoms with E-state index in [1.54, 1.807) is 10.3 Å². The Morgan fingerprint density at radius 3 is 2.65 bits per heavy atom. The molecule has 0 saturated carbocycles. The van der Waals surface area contributed by atoms with Gasteiger partial charge in [-0.25, -0.2) is 4.99 Å². The second-order valence-electron chi connectivity index (χ2n) is 6.42. The lowest BCUT2D eigenvalue weighted by Gasteiger charge is -2.33. The van der Waals surface area contributed by atoms with Crippen LogP contribution in [-0.2, 0) is 5.54 Å². The normalized spacial score (nSPS) is 15.7. The predicted octanol–water partition coefficient (Wildman–Crippen LogP) is 5.68. The zero-order valence-corrected chi connectivity index (χ0v) is 15.0. The highest BCUT2D eigenvalue weighted by atomic mass is 32.9. The maximum absolute atomic E-state index is 4.94. The molecule has 0 bridgehead atoms. The van der Waals surface area contributed by atoms with Crippen LogP contribution in [0.5, 0.6) is 0 Å². The van der Waals surface area contributed by atoms with Gasteiger partial charge in [0.15, 0.2) is 0 Å². The van der Waals surface area contributed by atoms with Crippen molar-refractivity contribution < 1.29 is 0 Å². The maximum atomic E-state index is 4.94. The summed E-state index contributed by atoms with van der Waals surface area (Å²) in [6.45, 7) is 6.58. The van der Waals surface area contributed by atoms with Gasteiger partial charge in [0.1, 0.15) is 4.67 Å². The van der Waals surface area contributed by atoms with E-state index in [-0.39, 0.29) is 5.54 Å². The summed E-state index contributed by atoms with van der Waals surface area (Å²) >= 11 is 0. The average molecular weight is 339 g/mol. The number of aryl methyl sites for hydroxylation is 1. The van der Waals surface area contributed by atoms with E-state index in [2.05, 4.69) is 74.6 Å². The zero-order chi connectivity index (χ0) is 16.0. The van der Waals surface area contributed by atoms with Crippen molar-refractivity contribution in [2.24, 2.45) is 4.99 Å². The Kier molecular flexibility index (Phi) is 3.39. The summed E-state index contributed by atoms with van der Waals surface area (Å²) in [5, 5.41) is 3.65. The number of anilines is 1. The van der Waals surface area contributed by atoms with Gasteiger partial charge in [-0.3, -0.25) is 0 Å². The van der Waals surface area contributed by atoms with E-state index >= 15 is 0 Å². The van der Waals surface area contributed by atoms with Gasteiger partial charge in [-0.1, -0.05) is 51.0 Å². The highest BCUT2D eigenvalue weighted by molar-refractivity contribution is 7.68. The Balaban J connectivity index is 1.99. The summed E-state index contributed by atoms with van der Waals surface area (Å²) in [5.74, 6) is 0. The lowest BCUT2D eigenvalue weighted by molar-refractivity contribution is 0.619. The predicted molar refractivity (Wildman–Crippen MR) is 101 cm³/mol. The molecule has 0 aliphatic carbocycles. The van der Waals surface area contributed by atoms with Crippen molar-refractivity contribution in [2.45, 2.75) is 26.3 Å². The van der Waals surface area contributed by atoms with Gasteiger partial charge in [-0.05, 0) is 44.5 Å². The molecule has 1 aliphatic heterocycles. The molecule has 1 aromatic heterocycles. The van der Waals surface area contributed by atoms with Crippen molar-refractivity contribution in [1.29, 1.82) is 0 Å². The Bertz CT molecular complexity index is 948. The average Bonchev–Trinajstić information content (AvgIpc) is 2.92. The van der Waals surface area contributed by atoms with Gasteiger partial charge >= 0.3 is 0 Å². The molecule has 4 rings (SSSR count). The van der Waals surface area contributed by atoms with Crippen LogP contribution in [0.1, 0.15) is 24.3 Å². The Morgan fingerprint density at radius 2 is 1.83 bits per heavy atom. The zero-order valence-electron chi connectivity index (χ0n) is 13.4. The Morgan fingerprint density at radius 1 is 1.00 bits per heavy atom. The minimum absolute atomic E-state index is 0.0643. The summed E-state index contributed by atoms with van der Waals surface area (Å²) < 4.78 is 1.11. The number of fused-ring (bicyclic) bond motifs is 3. The minimum atomic E-state index is -0.0643. The number of para-hydroxylation sites is 1. The molecule has 3 aromatic rings. The van der Waals surface area contributed by atoms with E-state index in [1.165, 1.54) is 27.3 Å². The number of nitrogens with zero attached hydrogens (tertiary/aromatic N) is 1. The first-order chi connectivity index (χ1) is 11.0. The molecule has 2 aromatic carbocycles. The van der Waals surface area contributed by atoms with Gasteiger partial charge in [0.25, 0.3) is 0 Å². The van der Waals surface area contributed by atoms with Crippen LogP contribution >= 0.6 is 20.7 Å². The molecule has 0 fully saturated rings. The molecule has 0 atom stereocenters. The van der Waals surface area contributed by atoms with E-state index in [0.29, 0.717) is 0 Å². The van der Waals surface area contributed by atoms with Crippen LogP contribution in [0.3, 0.4) is 0 Å². The first-order valence-corrected chi connectivity index (χ1v) is 9.82. The summed E-state index contributed by atoms with van der Waals surface area (Å²) in [6, 6.07) is 16.9. The van der Waals surface area contributed by atoms with Gasteiger partial charge in [0, 0.05) is 16.8 Å². The van der Waals surface area contributed by atoms with Crippen molar-refractivity contribution in [3.8, 4) is 11.1 Å². The molecule has 0 radical (unpaired) electrons. The third kappa shape index (κ3) is 2.52. The fourth-order valence-corrected chi connectivity index (χ4v) is 5.95. The quantitative estimate of drug-likeness (QED) is 0.567. The summed E-state index contributed by atoms with van der Waals surface area (Å²) in [4.78, 5) is 6.31. The molecule has 0 amide bonds. The van der Waals surface area contributed by atoms with Crippen molar-refractivity contribution in [3.05, 3.63) is 63.6 Å². The molecule has 1 aliphatic rings. The van der Waals surface area contributed by atoms with E-state index in [1.807, 2.05) is 10.3 Å². The van der Waals surface area contributed by atoms with Crippen LogP contribution in [0.15, 0.2) is 53.5 Å². The van der Waals surface area contributed by atoms with Crippen LogP contribution < -0.4 is 9.99 Å². The fraction of sp³-hybridized carbons (Fsp3) is 0.211. The second kappa shape index (κ2) is 5.32. The lowest BCUT2D eigenvalue weighted by Crippen LogP contribution is -2.31. The van der Waals surface area contributed by atoms with E-state index in [4.69, 9.17) is 4.99 Å². The molecular formula is C19H18N2S2. The fourth-order valence-electron chi connectivity index (χ4n) is 3.01. The number of hydrogen-bond acceptors (Lipinski definition) is 4. The number of benzene rings is 2. The highest BCUT2D eigenvalue weighted by Gasteiger charge is 2.33. The Hall–Kier alpha value is -1.91. The topological polar surface area (TPSA) is 24.4 Å². The van der Waals surface area contributed by atoms with E-state index in [9.17, 15) is 0 Å². The largest absolute Gasteiger partial charge is 0.375 e. The summed E-state index contributed by atoms with van der Waals surface area (Å²) in [6.07, 6.45) is 0. The van der Waals surface area contributed by atoms with Crippen molar-refractivity contribution in [1.82, 2.24) is 0 Å². The highest BCUT2D eigenvalue weighted by Crippen LogP contribution is 2.45. The van der Waals surface area contributed by atoms with Crippen LogP contribution in [0.4, 0.5) is 11.4 Å². The van der Waals surface area contributed by atoms with Gasteiger partial charge in [0.2, 0.25) is 0 Å². The standard InChI is InChI=1S/C19H18N2S2/c1-12-7-6-8-13(11-12)20-18-16-14-9-4-5-10-15(14)21-19(2,3)17(16)22-23-18/h4-11,21H,1-3H3. The summed E-state index contributed by atoms with van der Waals surface area (Å²) in [5.41, 5.74) is 5.94. The molecule has 0 spiro atoms. The second-order valence-corrected chi connectivity index (χ2v) is 8.55. The van der Waals surface area contributed by atoms with Crippen molar-refractivity contribution in [2.75, 3.05) is 5.32 Å². The smallest absolute Gasteiger partial charge is 0.135 e. The van der Waals surface area contributed by atoms with Crippen molar-refractivity contribution >= 4 is 32.1 Å². The van der Waals surface area contributed by atoms with Gasteiger partial charge in [-0.15, -0.1) is 0 Å². The van der Waals surface area contributed by atoms with Gasteiger partial charge in [-0.2, -0.15) is 0 Å². The molecule has 116 valence electrons. The van der Waals surface area contributed by atoms with Gasteiger partial charge < -0.3 is 5.32 Å². The molecule has 2 heterocycles. The number of hydrogen-bond donors (Lipinski definition) is 1. The first-order valence-electron chi connectivity index (χ1n) is 7.67. The van der Waals surface area contributed by atoms with E-state index < -0.39 is 0 Å². The lowest BCUT2D eigenvalue weighted by atomic mass is 9.90. The van der Waals surface area contributed by atoms with Crippen LogP contribution in [0, 0.1) is 6.92 Å². The SMILES string of the molecule is Cc1cccc(N=c2ssc3c2-c2ccccc2NC3(C)C)c1. The Labute approximate surface area is 143 Å². The van der Waals surface area contributed by atoms with Crippen LogP contribution in [0.2, 0.25) is 0 Å². The molecule has 23 heavy (non-hydrogen) atoms. The first kappa shape index (κ1) is 14.7. The minimum Gasteiger partial charge on any atom is -0.375 e. The van der Waals surface area contributed by atoms with Gasteiger partial charge in [0.05, 0.1) is 16.1 Å². The third-order valence-corrected chi connectivity index (χ3v) is 6.73. The molecule has 2 nitrogen and oxygen atoms in total. The molecule has 1 N–H and O–H groups in total. The monoisotopic (exact) mass is 338 g/mol. The van der Waals surface area contributed by atoms with Crippen LogP contribution in [0.25, 0.3) is 11.1 Å². The molecular weight excluding hydrogens is 320 g/mol. The van der Waals surface area contributed by atoms with E-state index in [0.717, 1.165) is 10.4 Å². The number of rotatable bonds is 1. The molecule has 0 saturated heterocycles. The molecule has 4 heteroatoms. The third-order valence-electron chi connectivity index (χ3n) is 4.09.